The molecule has 0 aromatic rings. The molecule has 1 fully saturated rings. The Morgan fingerprint density at radius 3 is 2.41 bits per heavy atom. The van der Waals surface area contributed by atoms with Crippen LogP contribution in [-0.2, 0) is 33.4 Å². The van der Waals surface area contributed by atoms with Crippen molar-refractivity contribution in [1.82, 2.24) is 5.06 Å². The minimum absolute atomic E-state index is 0.103. The molecule has 1 aliphatic heterocycles. The van der Waals surface area contributed by atoms with E-state index in [0.29, 0.717) is 37.7 Å². The maximum atomic E-state index is 11.6. The van der Waals surface area contributed by atoms with E-state index in [0.717, 1.165) is 12.8 Å². The second-order valence-corrected chi connectivity index (χ2v) is 7.31. The maximum Gasteiger partial charge on any atom is 0.333 e. The lowest BCUT2D eigenvalue weighted by Gasteiger charge is -2.26. The van der Waals surface area contributed by atoms with Crippen molar-refractivity contribution in [2.45, 2.75) is 77.4 Å². The first-order valence-corrected chi connectivity index (χ1v) is 9.56. The van der Waals surface area contributed by atoms with Gasteiger partial charge in [0, 0.05) is 46.2 Å². The van der Waals surface area contributed by atoms with E-state index in [9.17, 15) is 14.4 Å². The molecule has 156 valence electrons. The van der Waals surface area contributed by atoms with Crippen LogP contribution in [0.2, 0.25) is 0 Å². The molecule has 1 aliphatic rings. The van der Waals surface area contributed by atoms with Gasteiger partial charge in [0.05, 0.1) is 11.7 Å². The van der Waals surface area contributed by atoms with E-state index in [-0.39, 0.29) is 31.0 Å². The lowest BCUT2D eigenvalue weighted by Crippen LogP contribution is -2.31. The van der Waals surface area contributed by atoms with Crippen LogP contribution < -0.4 is 0 Å². The van der Waals surface area contributed by atoms with Crippen LogP contribution in [0.25, 0.3) is 0 Å². The second kappa shape index (κ2) is 12.0. The molecule has 0 bridgehead atoms. The van der Waals surface area contributed by atoms with Crippen LogP contribution in [0.4, 0.5) is 0 Å². The third-order valence-electron chi connectivity index (χ3n) is 4.39. The predicted molar refractivity (Wildman–Crippen MR) is 97.6 cm³/mol. The molecule has 8 nitrogen and oxygen atoms in total. The summed E-state index contributed by atoms with van der Waals surface area (Å²) in [5, 5.41) is 0.578. The summed E-state index contributed by atoms with van der Waals surface area (Å²) in [4.78, 5) is 39.2. The van der Waals surface area contributed by atoms with Crippen molar-refractivity contribution in [3.05, 3.63) is 0 Å². The highest BCUT2D eigenvalue weighted by Gasteiger charge is 2.32. The largest absolute Gasteiger partial charge is 0.382 e. The first kappa shape index (κ1) is 23.5. The number of nitrogens with zero attached hydrogens (tertiary/aromatic N) is 1. The minimum atomic E-state index is -0.571. The van der Waals surface area contributed by atoms with E-state index in [4.69, 9.17) is 19.0 Å². The summed E-state index contributed by atoms with van der Waals surface area (Å²) >= 11 is 0. The summed E-state index contributed by atoms with van der Waals surface area (Å²) in [5.74, 6) is -1.49. The van der Waals surface area contributed by atoms with Crippen molar-refractivity contribution in [2.75, 3.05) is 26.9 Å². The molecule has 27 heavy (non-hydrogen) atoms. The summed E-state index contributed by atoms with van der Waals surface area (Å²) in [6, 6.07) is 0. The number of ether oxygens (including phenoxy) is 3. The molecule has 1 saturated heterocycles. The highest BCUT2D eigenvalue weighted by atomic mass is 16.7. The van der Waals surface area contributed by atoms with E-state index in [2.05, 4.69) is 0 Å². The second-order valence-electron chi connectivity index (χ2n) is 7.31. The molecule has 2 amide bonds. The monoisotopic (exact) mass is 387 g/mol. The summed E-state index contributed by atoms with van der Waals surface area (Å²) in [7, 11) is 1.69. The van der Waals surface area contributed by atoms with Crippen LogP contribution in [0.1, 0.15) is 65.7 Å². The quantitative estimate of drug-likeness (QED) is 0.334. The fourth-order valence-corrected chi connectivity index (χ4v) is 2.39. The standard InChI is InChI=1S/C19H33NO7/c1-15(24-4)10-13-26-19(2,3)11-14-25-12-6-5-7-18(23)27-20-16(21)8-9-17(20)22/h15H,5-14H2,1-4H3. The zero-order chi connectivity index (χ0) is 20.3. The summed E-state index contributed by atoms with van der Waals surface area (Å²) < 4.78 is 16.6. The van der Waals surface area contributed by atoms with Gasteiger partial charge < -0.3 is 19.0 Å². The Bertz CT molecular complexity index is 476. The lowest BCUT2D eigenvalue weighted by molar-refractivity contribution is -0.197. The van der Waals surface area contributed by atoms with Crippen LogP contribution in [-0.4, -0.2) is 61.5 Å². The zero-order valence-electron chi connectivity index (χ0n) is 17.0. The van der Waals surface area contributed by atoms with Gasteiger partial charge in [0.1, 0.15) is 0 Å². The number of methoxy groups -OCH3 is 1. The smallest absolute Gasteiger partial charge is 0.333 e. The van der Waals surface area contributed by atoms with Crippen LogP contribution in [0, 0.1) is 0 Å². The Balaban J connectivity index is 2.02. The molecule has 0 aromatic heterocycles. The number of carbonyl (C=O) groups is 3. The van der Waals surface area contributed by atoms with Gasteiger partial charge in [-0.1, -0.05) is 0 Å². The minimum Gasteiger partial charge on any atom is -0.382 e. The van der Waals surface area contributed by atoms with Gasteiger partial charge in [-0.25, -0.2) is 4.79 Å². The van der Waals surface area contributed by atoms with Gasteiger partial charge in [-0.15, -0.1) is 5.06 Å². The van der Waals surface area contributed by atoms with Crippen LogP contribution in [0.15, 0.2) is 0 Å². The van der Waals surface area contributed by atoms with Crippen molar-refractivity contribution < 1.29 is 33.4 Å². The molecule has 1 rings (SSSR count). The predicted octanol–water partition coefficient (Wildman–Crippen LogP) is 2.39. The third-order valence-corrected chi connectivity index (χ3v) is 4.39. The van der Waals surface area contributed by atoms with Gasteiger partial charge in [-0.3, -0.25) is 9.59 Å². The van der Waals surface area contributed by atoms with Crippen molar-refractivity contribution in [1.29, 1.82) is 0 Å². The number of hydroxylamine groups is 2. The van der Waals surface area contributed by atoms with E-state index in [1.54, 1.807) is 7.11 Å². The molecule has 1 atom stereocenters. The van der Waals surface area contributed by atoms with Crippen molar-refractivity contribution >= 4 is 17.8 Å². The first-order valence-electron chi connectivity index (χ1n) is 9.56. The number of amides is 2. The highest BCUT2D eigenvalue weighted by molar-refractivity contribution is 6.01. The highest BCUT2D eigenvalue weighted by Crippen LogP contribution is 2.16. The molecule has 0 aromatic carbocycles. The number of carbonyl (C=O) groups excluding carboxylic acids is 3. The fraction of sp³-hybridized carbons (Fsp3) is 0.842. The molecule has 0 radical (unpaired) electrons. The molecule has 1 unspecified atom stereocenters. The SMILES string of the molecule is COC(C)CCOC(C)(C)CCOCCCCC(=O)ON1C(=O)CCC1=O. The number of hydrogen-bond donors (Lipinski definition) is 0. The Labute approximate surface area is 161 Å². The number of unbranched alkanes of at least 4 members (excludes halogenated alkanes) is 1. The molecule has 0 saturated carbocycles. The lowest BCUT2D eigenvalue weighted by atomic mass is 10.1. The number of imide groups is 1. The normalized spacial score (nSPS) is 16.1. The Hall–Kier alpha value is -1.51. The molecule has 0 aliphatic carbocycles. The Morgan fingerprint density at radius 1 is 1.11 bits per heavy atom. The summed E-state index contributed by atoms with van der Waals surface area (Å²) in [6.07, 6.45) is 3.43. The van der Waals surface area contributed by atoms with Crippen molar-refractivity contribution in [3.63, 3.8) is 0 Å². The fourth-order valence-electron chi connectivity index (χ4n) is 2.39. The van der Waals surface area contributed by atoms with Crippen LogP contribution >= 0.6 is 0 Å². The Morgan fingerprint density at radius 2 is 1.78 bits per heavy atom. The van der Waals surface area contributed by atoms with Crippen molar-refractivity contribution in [3.8, 4) is 0 Å². The topological polar surface area (TPSA) is 91.4 Å². The van der Waals surface area contributed by atoms with Crippen molar-refractivity contribution in [2.24, 2.45) is 0 Å². The van der Waals surface area contributed by atoms with Gasteiger partial charge >= 0.3 is 5.97 Å². The molecule has 0 spiro atoms. The zero-order valence-corrected chi connectivity index (χ0v) is 17.0. The van der Waals surface area contributed by atoms with E-state index in [1.807, 2.05) is 20.8 Å². The molecule has 8 heteroatoms. The average Bonchev–Trinajstić information content (AvgIpc) is 2.92. The van der Waals surface area contributed by atoms with E-state index in [1.165, 1.54) is 0 Å². The van der Waals surface area contributed by atoms with Gasteiger partial charge in [0.15, 0.2) is 0 Å². The number of rotatable bonds is 14. The summed E-state index contributed by atoms with van der Waals surface area (Å²) in [5.41, 5.74) is -0.258. The van der Waals surface area contributed by atoms with Gasteiger partial charge in [-0.05, 0) is 46.5 Å². The van der Waals surface area contributed by atoms with Crippen LogP contribution in [0.3, 0.4) is 0 Å². The van der Waals surface area contributed by atoms with Gasteiger partial charge in [0.25, 0.3) is 11.8 Å². The molecule has 1 heterocycles. The molecule has 0 N–H and O–H groups in total. The van der Waals surface area contributed by atoms with E-state index < -0.39 is 17.8 Å². The average molecular weight is 387 g/mol. The van der Waals surface area contributed by atoms with Gasteiger partial charge in [0.2, 0.25) is 0 Å². The Kier molecular flexibility index (Phi) is 10.5. The first-order chi connectivity index (χ1) is 12.7. The van der Waals surface area contributed by atoms with Gasteiger partial charge in [-0.2, -0.15) is 0 Å². The third kappa shape index (κ3) is 9.83. The molecular formula is C19H33NO7. The molecular weight excluding hydrogens is 354 g/mol. The van der Waals surface area contributed by atoms with Crippen LogP contribution in [0.5, 0.6) is 0 Å². The number of hydrogen-bond acceptors (Lipinski definition) is 7. The maximum absolute atomic E-state index is 11.6. The van der Waals surface area contributed by atoms with E-state index >= 15 is 0 Å². The summed E-state index contributed by atoms with van der Waals surface area (Å²) in [6.45, 7) is 7.83.